The Balaban J connectivity index is 2.04. The third kappa shape index (κ3) is 3.59. The van der Waals surface area contributed by atoms with Gasteiger partial charge in [-0.25, -0.2) is 0 Å². The second kappa shape index (κ2) is 6.39. The van der Waals surface area contributed by atoms with E-state index < -0.39 is 11.8 Å². The number of nitrogens with zero attached hydrogens (tertiary/aromatic N) is 1. The van der Waals surface area contributed by atoms with Crippen LogP contribution in [0.3, 0.4) is 0 Å². The van der Waals surface area contributed by atoms with Gasteiger partial charge in [0.05, 0.1) is 5.92 Å². The molecular weight excluding hydrogens is 270 g/mol. The average Bonchev–Trinajstić information content (AvgIpc) is 2.82. The number of hydrogen-bond acceptors (Lipinski definition) is 3. The topological polar surface area (TPSA) is 92.5 Å². The molecule has 0 bridgehead atoms. The Hall–Kier alpha value is -2.37. The Labute approximate surface area is 123 Å². The summed E-state index contributed by atoms with van der Waals surface area (Å²) >= 11 is 0. The lowest BCUT2D eigenvalue weighted by Gasteiger charge is -2.16. The maximum Gasteiger partial charge on any atom is 0.227 e. The van der Waals surface area contributed by atoms with Crippen molar-refractivity contribution in [3.05, 3.63) is 24.3 Å². The van der Waals surface area contributed by atoms with Crippen LogP contribution in [-0.2, 0) is 14.4 Å². The summed E-state index contributed by atoms with van der Waals surface area (Å²) in [6.45, 7) is 2.26. The van der Waals surface area contributed by atoms with E-state index >= 15 is 0 Å². The number of anilines is 2. The minimum absolute atomic E-state index is 0.0312. The zero-order valence-electron chi connectivity index (χ0n) is 12.0. The Morgan fingerprint density at radius 2 is 2.00 bits per heavy atom. The van der Waals surface area contributed by atoms with E-state index in [-0.39, 0.29) is 18.2 Å². The van der Waals surface area contributed by atoms with Crippen molar-refractivity contribution in [2.24, 2.45) is 11.7 Å². The molecular formula is C15H19N3O3. The van der Waals surface area contributed by atoms with Crippen molar-refractivity contribution in [3.63, 3.8) is 0 Å². The molecule has 1 aromatic rings. The van der Waals surface area contributed by atoms with E-state index in [0.717, 1.165) is 6.42 Å². The summed E-state index contributed by atoms with van der Waals surface area (Å²) in [4.78, 5) is 36.1. The van der Waals surface area contributed by atoms with Crippen molar-refractivity contribution >= 4 is 29.1 Å². The van der Waals surface area contributed by atoms with Gasteiger partial charge >= 0.3 is 0 Å². The molecule has 3 amide bonds. The van der Waals surface area contributed by atoms with Crippen LogP contribution in [0.25, 0.3) is 0 Å². The Morgan fingerprint density at radius 1 is 1.33 bits per heavy atom. The summed E-state index contributed by atoms with van der Waals surface area (Å²) in [6, 6.07) is 6.99. The largest absolute Gasteiger partial charge is 0.369 e. The summed E-state index contributed by atoms with van der Waals surface area (Å²) < 4.78 is 0. The van der Waals surface area contributed by atoms with Gasteiger partial charge in [0, 0.05) is 30.8 Å². The molecule has 1 aromatic carbocycles. The van der Waals surface area contributed by atoms with E-state index in [1.807, 2.05) is 6.92 Å². The number of primary amides is 1. The maximum absolute atomic E-state index is 11.9. The molecule has 0 radical (unpaired) electrons. The summed E-state index contributed by atoms with van der Waals surface area (Å²) in [6.07, 6.45) is 1.43. The van der Waals surface area contributed by atoms with Crippen LogP contribution in [0, 0.1) is 5.92 Å². The fraction of sp³-hybridized carbons (Fsp3) is 0.400. The quantitative estimate of drug-likeness (QED) is 0.854. The van der Waals surface area contributed by atoms with Gasteiger partial charge in [-0.05, 0) is 30.7 Å². The van der Waals surface area contributed by atoms with Gasteiger partial charge in [-0.1, -0.05) is 6.92 Å². The molecule has 0 unspecified atom stereocenters. The van der Waals surface area contributed by atoms with Crippen LogP contribution in [0.4, 0.5) is 11.4 Å². The number of rotatable bonds is 5. The van der Waals surface area contributed by atoms with E-state index in [4.69, 9.17) is 5.73 Å². The third-order valence-electron chi connectivity index (χ3n) is 3.47. The lowest BCUT2D eigenvalue weighted by Crippen LogP contribution is -2.28. The molecule has 1 fully saturated rings. The highest BCUT2D eigenvalue weighted by atomic mass is 16.2. The number of carbonyl (C=O) groups excluding carboxylic acids is 3. The lowest BCUT2D eigenvalue weighted by molar-refractivity contribution is -0.123. The fourth-order valence-electron chi connectivity index (χ4n) is 2.32. The van der Waals surface area contributed by atoms with Gasteiger partial charge in [0.25, 0.3) is 0 Å². The van der Waals surface area contributed by atoms with Crippen LogP contribution in [-0.4, -0.2) is 24.3 Å². The number of nitrogens with two attached hydrogens (primary N) is 1. The van der Waals surface area contributed by atoms with E-state index in [1.54, 1.807) is 29.2 Å². The molecule has 3 N–H and O–H groups in total. The maximum atomic E-state index is 11.9. The van der Waals surface area contributed by atoms with Gasteiger partial charge < -0.3 is 16.0 Å². The minimum Gasteiger partial charge on any atom is -0.369 e. The minimum atomic E-state index is -0.450. The van der Waals surface area contributed by atoms with Gasteiger partial charge in [-0.15, -0.1) is 0 Å². The van der Waals surface area contributed by atoms with Gasteiger partial charge in [-0.3, -0.25) is 14.4 Å². The van der Waals surface area contributed by atoms with Gasteiger partial charge in [0.1, 0.15) is 0 Å². The van der Waals surface area contributed by atoms with Crippen molar-refractivity contribution in [3.8, 4) is 0 Å². The molecule has 1 heterocycles. The predicted octanol–water partition coefficient (Wildman–Crippen LogP) is 1.26. The molecule has 6 heteroatoms. The normalized spacial score (nSPS) is 17.9. The molecule has 1 aliphatic rings. The molecule has 0 aromatic heterocycles. The van der Waals surface area contributed by atoms with E-state index in [0.29, 0.717) is 24.3 Å². The van der Waals surface area contributed by atoms with Gasteiger partial charge in [-0.2, -0.15) is 0 Å². The van der Waals surface area contributed by atoms with Crippen LogP contribution in [0.5, 0.6) is 0 Å². The monoisotopic (exact) mass is 289 g/mol. The first-order valence-corrected chi connectivity index (χ1v) is 7.01. The number of carbonyl (C=O) groups is 3. The summed E-state index contributed by atoms with van der Waals surface area (Å²) in [5, 5.41) is 2.78. The van der Waals surface area contributed by atoms with Crippen molar-refractivity contribution in [2.75, 3.05) is 16.8 Å². The average molecular weight is 289 g/mol. The number of benzene rings is 1. The first-order chi connectivity index (χ1) is 10.0. The van der Waals surface area contributed by atoms with E-state index in [9.17, 15) is 14.4 Å². The highest BCUT2D eigenvalue weighted by Crippen LogP contribution is 2.26. The van der Waals surface area contributed by atoms with Gasteiger partial charge in [0.2, 0.25) is 17.7 Å². The molecule has 0 saturated carbocycles. The number of amides is 3. The highest BCUT2D eigenvalue weighted by molar-refractivity contribution is 6.00. The summed E-state index contributed by atoms with van der Waals surface area (Å²) in [5.41, 5.74) is 6.64. The Kier molecular flexibility index (Phi) is 4.57. The molecule has 21 heavy (non-hydrogen) atoms. The fourth-order valence-corrected chi connectivity index (χ4v) is 2.32. The van der Waals surface area contributed by atoms with Crippen LogP contribution in [0.15, 0.2) is 24.3 Å². The molecule has 0 spiro atoms. The van der Waals surface area contributed by atoms with Crippen LogP contribution in [0.1, 0.15) is 26.2 Å². The zero-order valence-corrected chi connectivity index (χ0v) is 12.0. The second-order valence-corrected chi connectivity index (χ2v) is 5.15. The molecule has 1 atom stereocenters. The van der Waals surface area contributed by atoms with Crippen LogP contribution < -0.4 is 16.0 Å². The second-order valence-electron chi connectivity index (χ2n) is 5.15. The number of hydrogen-bond donors (Lipinski definition) is 2. The van der Waals surface area contributed by atoms with Crippen molar-refractivity contribution in [1.82, 2.24) is 0 Å². The standard InChI is InChI=1S/C15H19N3O3/c1-2-3-13(19)17-11-4-6-12(7-5-11)18-9-10(15(16)21)8-14(18)20/h4-7,10H,2-3,8-9H2,1H3,(H2,16,21)(H,17,19)/t10-/m1/s1. The van der Waals surface area contributed by atoms with E-state index in [2.05, 4.69) is 5.32 Å². The Bertz CT molecular complexity index is 554. The number of nitrogens with one attached hydrogen (secondary N) is 1. The predicted molar refractivity (Wildman–Crippen MR) is 79.6 cm³/mol. The van der Waals surface area contributed by atoms with E-state index in [1.165, 1.54) is 0 Å². The van der Waals surface area contributed by atoms with Gasteiger partial charge in [0.15, 0.2) is 0 Å². The molecule has 2 rings (SSSR count). The molecule has 6 nitrogen and oxygen atoms in total. The van der Waals surface area contributed by atoms with Crippen LogP contribution in [0.2, 0.25) is 0 Å². The molecule has 1 aliphatic heterocycles. The molecule has 1 saturated heterocycles. The third-order valence-corrected chi connectivity index (χ3v) is 3.47. The molecule has 0 aliphatic carbocycles. The summed E-state index contributed by atoms with van der Waals surface area (Å²) in [5.74, 6) is -1.02. The van der Waals surface area contributed by atoms with Crippen molar-refractivity contribution < 1.29 is 14.4 Å². The SMILES string of the molecule is CCCC(=O)Nc1ccc(N2C[C@H](C(N)=O)CC2=O)cc1. The van der Waals surface area contributed by atoms with Crippen molar-refractivity contribution in [2.45, 2.75) is 26.2 Å². The zero-order chi connectivity index (χ0) is 15.4. The Morgan fingerprint density at radius 3 is 2.52 bits per heavy atom. The summed E-state index contributed by atoms with van der Waals surface area (Å²) in [7, 11) is 0. The highest BCUT2D eigenvalue weighted by Gasteiger charge is 2.33. The first-order valence-electron chi connectivity index (χ1n) is 7.01. The van der Waals surface area contributed by atoms with Crippen LogP contribution >= 0.6 is 0 Å². The lowest BCUT2D eigenvalue weighted by atomic mass is 10.1. The smallest absolute Gasteiger partial charge is 0.227 e. The molecule has 112 valence electrons. The van der Waals surface area contributed by atoms with Crippen molar-refractivity contribution in [1.29, 1.82) is 0 Å². The first kappa shape index (κ1) is 15.0.